The van der Waals surface area contributed by atoms with Crippen LogP contribution in [0.5, 0.6) is 0 Å². The number of benzene rings is 1. The average Bonchev–Trinajstić information content (AvgIpc) is 2.53. The molecule has 1 heterocycles. The summed E-state index contributed by atoms with van der Waals surface area (Å²) in [5.41, 5.74) is 1.17. The Bertz CT molecular complexity index is 300. The maximum Gasteiger partial charge on any atom is 0.171 e. The van der Waals surface area contributed by atoms with Gasteiger partial charge in [0.2, 0.25) is 0 Å². The molecule has 1 aromatic carbocycles. The number of anilines is 1. The maximum atomic E-state index is 4.24. The summed E-state index contributed by atoms with van der Waals surface area (Å²) in [5, 5.41) is 0. The summed E-state index contributed by atoms with van der Waals surface area (Å²) in [5.74, 6) is 0. The summed E-state index contributed by atoms with van der Waals surface area (Å²) in [6.45, 7) is 1.84. The Morgan fingerprint density at radius 2 is 2.08 bits per heavy atom. The van der Waals surface area contributed by atoms with Crippen LogP contribution in [0.1, 0.15) is 0 Å². The van der Waals surface area contributed by atoms with E-state index in [9.17, 15) is 0 Å². The summed E-state index contributed by atoms with van der Waals surface area (Å²) < 4.78 is 0.925. The molecule has 0 atom stereocenters. The largest absolute Gasteiger partial charge is 0.342 e. The van der Waals surface area contributed by atoms with Crippen LogP contribution in [-0.4, -0.2) is 17.8 Å². The van der Waals surface area contributed by atoms with Gasteiger partial charge in [0.25, 0.3) is 0 Å². The third-order valence-electron chi connectivity index (χ3n) is 1.80. The zero-order valence-electron chi connectivity index (χ0n) is 6.90. The molecule has 0 radical (unpaired) electrons. The number of hydrogen-bond acceptors (Lipinski definition) is 2. The number of amidine groups is 1. The van der Waals surface area contributed by atoms with E-state index in [2.05, 4.69) is 31.9 Å². The van der Waals surface area contributed by atoms with E-state index in [4.69, 9.17) is 0 Å². The Morgan fingerprint density at radius 3 is 2.62 bits per heavy atom. The number of rotatable bonds is 1. The van der Waals surface area contributed by atoms with Crippen LogP contribution in [0.4, 0.5) is 5.69 Å². The molecule has 13 heavy (non-hydrogen) atoms. The predicted molar refractivity (Wildman–Crippen MR) is 53.9 cm³/mol. The third kappa shape index (κ3) is 2.41. The Labute approximate surface area is 100 Å². The monoisotopic (exact) mass is 407 g/mol. The molecule has 0 amide bonds. The van der Waals surface area contributed by atoms with Crippen molar-refractivity contribution in [1.29, 1.82) is 0 Å². The van der Waals surface area contributed by atoms with Gasteiger partial charge in [-0.3, -0.25) is 4.99 Å². The normalized spacial score (nSPS) is 15.2. The molecule has 1 aliphatic heterocycles. The summed E-state index contributed by atoms with van der Waals surface area (Å²) in [6.07, 6.45) is 0. The van der Waals surface area contributed by atoms with Crippen molar-refractivity contribution in [3.05, 3.63) is 30.3 Å². The zero-order valence-corrected chi connectivity index (χ0v) is 11.4. The molecule has 0 aliphatic carbocycles. The van der Waals surface area contributed by atoms with Crippen LogP contribution in [-0.2, 0) is 21.1 Å². The Kier molecular flexibility index (Phi) is 4.14. The van der Waals surface area contributed by atoms with Crippen molar-refractivity contribution in [2.45, 2.75) is 0 Å². The summed E-state index contributed by atoms with van der Waals surface area (Å²) in [6, 6.07) is 10.9. The summed E-state index contributed by atoms with van der Waals surface area (Å²) in [4.78, 5) is 6.38. The maximum absolute atomic E-state index is 4.24. The molecule has 1 aromatic rings. The van der Waals surface area contributed by atoms with Gasteiger partial charge in [-0.1, -0.05) is 5.69 Å². The second-order valence-corrected chi connectivity index (χ2v) is 3.27. The van der Waals surface area contributed by atoms with Crippen LogP contribution in [0, 0.1) is 6.07 Å². The van der Waals surface area contributed by atoms with Gasteiger partial charge in [-0.2, -0.15) is 18.2 Å². The molecular formula is C9H8BrN2W-. The third-order valence-corrected chi connectivity index (χ3v) is 2.48. The van der Waals surface area contributed by atoms with Crippen molar-refractivity contribution in [3.63, 3.8) is 0 Å². The van der Waals surface area contributed by atoms with Crippen molar-refractivity contribution in [2.24, 2.45) is 4.99 Å². The molecule has 0 spiro atoms. The second kappa shape index (κ2) is 4.92. The molecule has 0 bridgehead atoms. The van der Waals surface area contributed by atoms with Gasteiger partial charge in [0.05, 0.1) is 6.54 Å². The van der Waals surface area contributed by atoms with E-state index in [0.29, 0.717) is 0 Å². The number of hydrogen-bond donors (Lipinski definition) is 0. The SMILES string of the molecule is BrC1=NCCN1c1cc[c-]cc1.[W]. The fraction of sp³-hybridized carbons (Fsp3) is 0.222. The minimum absolute atomic E-state index is 0. The first-order chi connectivity index (χ1) is 5.88. The first kappa shape index (κ1) is 10.9. The molecule has 0 N–H and O–H groups in total. The Balaban J connectivity index is 0.000000845. The second-order valence-electron chi connectivity index (χ2n) is 2.56. The fourth-order valence-corrected chi connectivity index (χ4v) is 1.77. The van der Waals surface area contributed by atoms with Gasteiger partial charge in [0.15, 0.2) is 4.74 Å². The van der Waals surface area contributed by atoms with Gasteiger partial charge in [0, 0.05) is 27.6 Å². The molecule has 0 fully saturated rings. The van der Waals surface area contributed by atoms with Crippen LogP contribution < -0.4 is 4.90 Å². The quantitative estimate of drug-likeness (QED) is 0.514. The smallest absolute Gasteiger partial charge is 0.171 e. The molecular weight excluding hydrogens is 400 g/mol. The van der Waals surface area contributed by atoms with Crippen molar-refractivity contribution >= 4 is 26.4 Å². The molecule has 4 heteroatoms. The van der Waals surface area contributed by atoms with E-state index >= 15 is 0 Å². The molecule has 0 aromatic heterocycles. The molecule has 68 valence electrons. The van der Waals surface area contributed by atoms with Crippen LogP contribution in [0.25, 0.3) is 0 Å². The van der Waals surface area contributed by atoms with E-state index in [-0.39, 0.29) is 21.1 Å². The van der Waals surface area contributed by atoms with Gasteiger partial charge >= 0.3 is 0 Å². The first-order valence-corrected chi connectivity index (χ1v) is 4.61. The van der Waals surface area contributed by atoms with Gasteiger partial charge in [-0.25, -0.2) is 0 Å². The van der Waals surface area contributed by atoms with Gasteiger partial charge in [-0.15, -0.1) is 12.1 Å². The van der Waals surface area contributed by atoms with E-state index < -0.39 is 0 Å². The van der Waals surface area contributed by atoms with Gasteiger partial charge < -0.3 is 4.90 Å². The van der Waals surface area contributed by atoms with Crippen LogP contribution in [0.15, 0.2) is 29.3 Å². The van der Waals surface area contributed by atoms with Crippen molar-refractivity contribution in [2.75, 3.05) is 18.0 Å². The Morgan fingerprint density at radius 1 is 1.38 bits per heavy atom. The number of halogens is 1. The molecule has 2 nitrogen and oxygen atoms in total. The number of aliphatic imine (C=N–C) groups is 1. The van der Waals surface area contributed by atoms with Crippen molar-refractivity contribution in [1.82, 2.24) is 0 Å². The molecule has 2 rings (SSSR count). The number of nitrogens with zero attached hydrogens (tertiary/aromatic N) is 2. The standard InChI is InChI=1S/C9H8BrN2.W/c10-9-11-6-7-12(9)8-4-2-1-3-5-8;/h2-5H,6-7H2;/q-1;. The molecule has 0 saturated heterocycles. The van der Waals surface area contributed by atoms with Crippen LogP contribution >= 0.6 is 15.9 Å². The zero-order chi connectivity index (χ0) is 8.39. The van der Waals surface area contributed by atoms with E-state index in [0.717, 1.165) is 17.8 Å². The summed E-state index contributed by atoms with van der Waals surface area (Å²) >= 11 is 3.41. The first-order valence-electron chi connectivity index (χ1n) is 3.81. The fourth-order valence-electron chi connectivity index (χ4n) is 1.21. The minimum atomic E-state index is 0. The predicted octanol–water partition coefficient (Wildman–Crippen LogP) is 2.06. The van der Waals surface area contributed by atoms with E-state index in [1.54, 1.807) is 0 Å². The van der Waals surface area contributed by atoms with Crippen LogP contribution in [0.3, 0.4) is 0 Å². The molecule has 0 saturated carbocycles. The van der Waals surface area contributed by atoms with E-state index in [1.807, 2.05) is 24.3 Å². The topological polar surface area (TPSA) is 15.6 Å². The Hall–Kier alpha value is -0.142. The van der Waals surface area contributed by atoms with Crippen molar-refractivity contribution in [3.8, 4) is 0 Å². The average molecular weight is 408 g/mol. The minimum Gasteiger partial charge on any atom is -0.342 e. The van der Waals surface area contributed by atoms with Crippen LogP contribution in [0.2, 0.25) is 0 Å². The molecule has 0 unspecified atom stereocenters. The molecule has 1 aliphatic rings. The summed E-state index contributed by atoms with van der Waals surface area (Å²) in [7, 11) is 0. The van der Waals surface area contributed by atoms with Crippen molar-refractivity contribution < 1.29 is 21.1 Å². The van der Waals surface area contributed by atoms with Gasteiger partial charge in [0.1, 0.15) is 0 Å². The van der Waals surface area contributed by atoms with E-state index in [1.165, 1.54) is 5.69 Å². The van der Waals surface area contributed by atoms with Gasteiger partial charge in [-0.05, 0) is 15.9 Å².